The molecule has 5 heteroatoms. The van der Waals surface area contributed by atoms with Gasteiger partial charge in [-0.05, 0) is 41.5 Å². The molecule has 0 bridgehead atoms. The molecule has 0 N–H and O–H groups in total. The van der Waals surface area contributed by atoms with Gasteiger partial charge in [0.05, 0.1) is 19.8 Å². The third kappa shape index (κ3) is 2.42. The van der Waals surface area contributed by atoms with Crippen LogP contribution in [0.3, 0.4) is 0 Å². The third-order valence-electron chi connectivity index (χ3n) is 3.06. The molecule has 0 radical (unpaired) electrons. The summed E-state index contributed by atoms with van der Waals surface area (Å²) < 4.78 is 14.8. The largest absolute Gasteiger partial charge is 0.493 e. The summed E-state index contributed by atoms with van der Waals surface area (Å²) in [5, 5.41) is 1.70. The van der Waals surface area contributed by atoms with Gasteiger partial charge in [-0.25, -0.2) is 4.79 Å². The third-order valence-corrected chi connectivity index (χ3v) is 3.06. The predicted molar refractivity (Wildman–Crippen MR) is 73.3 cm³/mol. The number of hydrogen-bond acceptors (Lipinski definition) is 5. The van der Waals surface area contributed by atoms with E-state index in [1.807, 2.05) is 12.1 Å². The molecular formula is C15H14O5. The standard InChI is InChI=1S/C15H14O5/c1-9-4-10-6-13(18-2)14(19-3)7-11(10)5-12(9)15(17)20-8-16/h4-8H,1-3H3. The van der Waals surface area contributed by atoms with Gasteiger partial charge in [-0.3, -0.25) is 4.79 Å². The van der Waals surface area contributed by atoms with Crippen molar-refractivity contribution in [2.24, 2.45) is 0 Å². The number of fused-ring (bicyclic) bond motifs is 1. The summed E-state index contributed by atoms with van der Waals surface area (Å²) in [4.78, 5) is 21.9. The minimum Gasteiger partial charge on any atom is -0.493 e. The minimum absolute atomic E-state index is 0.126. The molecule has 5 nitrogen and oxygen atoms in total. The van der Waals surface area contributed by atoms with Gasteiger partial charge in [-0.2, -0.15) is 0 Å². The topological polar surface area (TPSA) is 61.8 Å². The van der Waals surface area contributed by atoms with Crippen molar-refractivity contribution in [2.75, 3.05) is 14.2 Å². The molecule has 0 aliphatic carbocycles. The Balaban J connectivity index is 2.63. The number of carbonyl (C=O) groups excluding carboxylic acids is 2. The van der Waals surface area contributed by atoms with Crippen molar-refractivity contribution in [3.8, 4) is 11.5 Å². The maximum atomic E-state index is 11.7. The van der Waals surface area contributed by atoms with Crippen LogP contribution in [0.15, 0.2) is 24.3 Å². The minimum atomic E-state index is -0.672. The van der Waals surface area contributed by atoms with Crippen LogP contribution in [0.5, 0.6) is 11.5 Å². The van der Waals surface area contributed by atoms with Gasteiger partial charge in [0.1, 0.15) is 0 Å². The van der Waals surface area contributed by atoms with Crippen LogP contribution in [0.4, 0.5) is 0 Å². The number of esters is 1. The fourth-order valence-corrected chi connectivity index (χ4v) is 2.07. The molecule has 0 aliphatic heterocycles. The zero-order valence-electron chi connectivity index (χ0n) is 11.4. The number of methoxy groups -OCH3 is 2. The van der Waals surface area contributed by atoms with Crippen LogP contribution >= 0.6 is 0 Å². The number of benzene rings is 2. The molecule has 0 saturated heterocycles. The van der Waals surface area contributed by atoms with Gasteiger partial charge in [-0.15, -0.1) is 0 Å². The van der Waals surface area contributed by atoms with Crippen molar-refractivity contribution in [2.45, 2.75) is 6.92 Å². The zero-order valence-corrected chi connectivity index (χ0v) is 11.4. The van der Waals surface area contributed by atoms with E-state index in [1.54, 1.807) is 33.3 Å². The van der Waals surface area contributed by atoms with Gasteiger partial charge in [0.15, 0.2) is 11.5 Å². The fourth-order valence-electron chi connectivity index (χ4n) is 2.07. The second-order valence-electron chi connectivity index (χ2n) is 4.22. The number of carbonyl (C=O) groups is 2. The van der Waals surface area contributed by atoms with Crippen molar-refractivity contribution in [1.29, 1.82) is 0 Å². The molecule has 0 unspecified atom stereocenters. The molecule has 0 aliphatic rings. The highest BCUT2D eigenvalue weighted by Gasteiger charge is 2.13. The number of rotatable bonds is 4. The maximum absolute atomic E-state index is 11.7. The predicted octanol–water partition coefficient (Wildman–Crippen LogP) is 2.48. The van der Waals surface area contributed by atoms with E-state index in [0.29, 0.717) is 17.1 Å². The molecule has 20 heavy (non-hydrogen) atoms. The first-order valence-corrected chi connectivity index (χ1v) is 5.91. The van der Waals surface area contributed by atoms with E-state index < -0.39 is 5.97 Å². The Morgan fingerprint density at radius 2 is 1.55 bits per heavy atom. The first kappa shape index (κ1) is 13.9. The molecule has 0 amide bonds. The van der Waals surface area contributed by atoms with E-state index in [0.717, 1.165) is 16.3 Å². The molecule has 0 heterocycles. The van der Waals surface area contributed by atoms with Crippen LogP contribution in [0.1, 0.15) is 15.9 Å². The summed E-state index contributed by atoms with van der Waals surface area (Å²) in [6.07, 6.45) is 0. The highest BCUT2D eigenvalue weighted by Crippen LogP contribution is 2.33. The summed E-state index contributed by atoms with van der Waals surface area (Å²) in [6.45, 7) is 1.90. The molecule has 2 aromatic rings. The Morgan fingerprint density at radius 1 is 1.00 bits per heavy atom. The average molecular weight is 274 g/mol. The molecule has 0 aromatic heterocycles. The molecule has 0 saturated carbocycles. The molecule has 104 valence electrons. The highest BCUT2D eigenvalue weighted by atomic mass is 16.6. The van der Waals surface area contributed by atoms with Crippen molar-refractivity contribution in [3.63, 3.8) is 0 Å². The van der Waals surface area contributed by atoms with E-state index in [4.69, 9.17) is 9.47 Å². The summed E-state index contributed by atoms with van der Waals surface area (Å²) in [5.41, 5.74) is 1.06. The van der Waals surface area contributed by atoms with E-state index in [2.05, 4.69) is 4.74 Å². The van der Waals surface area contributed by atoms with Crippen molar-refractivity contribution in [1.82, 2.24) is 0 Å². The maximum Gasteiger partial charge on any atom is 0.345 e. The van der Waals surface area contributed by atoms with Crippen molar-refractivity contribution >= 4 is 23.2 Å². The molecule has 0 atom stereocenters. The molecule has 0 spiro atoms. The van der Waals surface area contributed by atoms with Crippen LogP contribution in [0.2, 0.25) is 0 Å². The Kier molecular flexibility index (Phi) is 3.89. The smallest absolute Gasteiger partial charge is 0.345 e. The normalized spacial score (nSPS) is 10.2. The molecule has 2 aromatic carbocycles. The Labute approximate surface area is 116 Å². The van der Waals surface area contributed by atoms with E-state index in [9.17, 15) is 9.59 Å². The summed E-state index contributed by atoms with van der Waals surface area (Å²) in [6, 6.07) is 7.10. The SMILES string of the molecule is COc1cc2cc(C)c(C(=O)OC=O)cc2cc1OC. The number of ether oxygens (including phenoxy) is 3. The Hall–Kier alpha value is -2.56. The van der Waals surface area contributed by atoms with Crippen LogP contribution < -0.4 is 9.47 Å². The van der Waals surface area contributed by atoms with Crippen molar-refractivity contribution < 1.29 is 23.8 Å². The van der Waals surface area contributed by atoms with Crippen LogP contribution in [0.25, 0.3) is 10.8 Å². The summed E-state index contributed by atoms with van der Waals surface area (Å²) >= 11 is 0. The van der Waals surface area contributed by atoms with Crippen LogP contribution in [-0.2, 0) is 9.53 Å². The zero-order chi connectivity index (χ0) is 14.7. The second-order valence-corrected chi connectivity index (χ2v) is 4.22. The lowest BCUT2D eigenvalue weighted by molar-refractivity contribution is -0.123. The summed E-state index contributed by atoms with van der Waals surface area (Å²) in [7, 11) is 3.10. The number of aryl methyl sites for hydroxylation is 1. The fraction of sp³-hybridized carbons (Fsp3) is 0.200. The van der Waals surface area contributed by atoms with E-state index in [1.165, 1.54) is 0 Å². The lowest BCUT2D eigenvalue weighted by atomic mass is 10.0. The lowest BCUT2D eigenvalue weighted by Gasteiger charge is -2.11. The van der Waals surface area contributed by atoms with Crippen LogP contribution in [-0.4, -0.2) is 26.7 Å². The van der Waals surface area contributed by atoms with Gasteiger partial charge < -0.3 is 14.2 Å². The molecule has 0 fully saturated rings. The highest BCUT2D eigenvalue weighted by molar-refractivity contribution is 5.99. The first-order chi connectivity index (χ1) is 9.60. The quantitative estimate of drug-likeness (QED) is 0.487. The monoisotopic (exact) mass is 274 g/mol. The van der Waals surface area contributed by atoms with Gasteiger partial charge in [-0.1, -0.05) is 6.07 Å². The number of hydrogen-bond donors (Lipinski definition) is 0. The van der Waals surface area contributed by atoms with Gasteiger partial charge in [0.25, 0.3) is 0 Å². The van der Waals surface area contributed by atoms with Crippen molar-refractivity contribution in [3.05, 3.63) is 35.4 Å². The Morgan fingerprint density at radius 3 is 2.05 bits per heavy atom. The first-order valence-electron chi connectivity index (χ1n) is 5.91. The van der Waals surface area contributed by atoms with Gasteiger partial charge >= 0.3 is 12.4 Å². The summed E-state index contributed by atoms with van der Waals surface area (Å²) in [5.74, 6) is 0.510. The van der Waals surface area contributed by atoms with Crippen LogP contribution in [0, 0.1) is 6.92 Å². The molecule has 2 rings (SSSR count). The van der Waals surface area contributed by atoms with Gasteiger partial charge in [0, 0.05) is 0 Å². The Bertz CT molecular complexity index is 676. The second kappa shape index (κ2) is 5.61. The van der Waals surface area contributed by atoms with E-state index >= 15 is 0 Å². The van der Waals surface area contributed by atoms with E-state index in [-0.39, 0.29) is 6.47 Å². The average Bonchev–Trinajstić information content (AvgIpc) is 2.45. The van der Waals surface area contributed by atoms with Gasteiger partial charge in [0.2, 0.25) is 0 Å². The lowest BCUT2D eigenvalue weighted by Crippen LogP contribution is -2.05. The molecular weight excluding hydrogens is 260 g/mol.